The van der Waals surface area contributed by atoms with Crippen LogP contribution in [0.1, 0.15) is 31.9 Å². The highest BCUT2D eigenvalue weighted by Gasteiger charge is 2.16. The molecule has 0 aliphatic rings. The highest BCUT2D eigenvalue weighted by molar-refractivity contribution is 5.76. The van der Waals surface area contributed by atoms with Gasteiger partial charge in [-0.25, -0.2) is 0 Å². The predicted octanol–water partition coefficient (Wildman–Crippen LogP) is 2.57. The average molecular weight is 216 g/mol. The van der Waals surface area contributed by atoms with E-state index in [4.69, 9.17) is 5.73 Å². The van der Waals surface area contributed by atoms with Crippen molar-refractivity contribution in [1.29, 1.82) is 0 Å². The summed E-state index contributed by atoms with van der Waals surface area (Å²) in [6.45, 7) is 4.31. The Morgan fingerprint density at radius 2 is 2.31 bits per heavy atom. The molecule has 2 aromatic rings. The second kappa shape index (κ2) is 4.35. The summed E-state index contributed by atoms with van der Waals surface area (Å²) < 4.78 is 0. The largest absolute Gasteiger partial charge is 0.382 e. The maximum Gasteiger partial charge on any atom is 0.153 e. The van der Waals surface area contributed by atoms with E-state index in [1.807, 2.05) is 18.3 Å². The first-order valence-electron chi connectivity index (χ1n) is 5.48. The molecule has 0 saturated carbocycles. The Bertz CT molecular complexity index is 461. The fourth-order valence-electron chi connectivity index (χ4n) is 1.74. The van der Waals surface area contributed by atoms with Gasteiger partial charge in [0.05, 0.1) is 0 Å². The van der Waals surface area contributed by atoms with Gasteiger partial charge < -0.3 is 5.73 Å². The van der Waals surface area contributed by atoms with Gasteiger partial charge in [-0.05, 0) is 18.4 Å². The number of anilines is 1. The van der Waals surface area contributed by atoms with Crippen LogP contribution in [0.3, 0.4) is 0 Å². The zero-order valence-electron chi connectivity index (χ0n) is 9.57. The van der Waals surface area contributed by atoms with Gasteiger partial charge in [0, 0.05) is 29.2 Å². The Morgan fingerprint density at radius 3 is 2.94 bits per heavy atom. The molecule has 2 heterocycles. The van der Waals surface area contributed by atoms with E-state index < -0.39 is 0 Å². The first-order valence-corrected chi connectivity index (χ1v) is 5.48. The predicted molar refractivity (Wildman–Crippen MR) is 64.9 cm³/mol. The number of H-pyrrole nitrogens is 1. The summed E-state index contributed by atoms with van der Waals surface area (Å²) in [5.74, 6) is 0.961. The molecule has 1 unspecified atom stereocenters. The van der Waals surface area contributed by atoms with Crippen LogP contribution in [0, 0.1) is 0 Å². The highest BCUT2D eigenvalue weighted by Crippen LogP contribution is 2.32. The minimum atomic E-state index is 0.417. The lowest BCUT2D eigenvalue weighted by Crippen LogP contribution is -1.95. The number of rotatable bonds is 3. The smallest absolute Gasteiger partial charge is 0.153 e. The number of nitrogens with two attached hydrogens (primary N) is 1. The Morgan fingerprint density at radius 1 is 1.50 bits per heavy atom. The molecule has 0 aliphatic carbocycles. The van der Waals surface area contributed by atoms with Crippen molar-refractivity contribution in [2.45, 2.75) is 26.2 Å². The van der Waals surface area contributed by atoms with Gasteiger partial charge in [-0.15, -0.1) is 0 Å². The van der Waals surface area contributed by atoms with E-state index in [9.17, 15) is 0 Å². The van der Waals surface area contributed by atoms with Crippen molar-refractivity contribution in [2.75, 3.05) is 5.73 Å². The summed E-state index contributed by atoms with van der Waals surface area (Å²) in [5.41, 5.74) is 8.99. The first-order chi connectivity index (χ1) is 7.74. The van der Waals surface area contributed by atoms with Crippen LogP contribution in [0.5, 0.6) is 0 Å². The van der Waals surface area contributed by atoms with Crippen molar-refractivity contribution in [3.8, 4) is 11.1 Å². The molecule has 0 aromatic carbocycles. The van der Waals surface area contributed by atoms with Crippen LogP contribution in [-0.4, -0.2) is 15.2 Å². The van der Waals surface area contributed by atoms with Crippen LogP contribution < -0.4 is 5.73 Å². The number of nitrogen functional groups attached to an aromatic ring is 1. The van der Waals surface area contributed by atoms with Gasteiger partial charge in [-0.2, -0.15) is 5.10 Å². The maximum atomic E-state index is 5.90. The van der Waals surface area contributed by atoms with Gasteiger partial charge in [0.1, 0.15) is 0 Å². The van der Waals surface area contributed by atoms with Crippen LogP contribution in [0.2, 0.25) is 0 Å². The van der Waals surface area contributed by atoms with E-state index in [-0.39, 0.29) is 0 Å². The molecule has 0 spiro atoms. The Balaban J connectivity index is 2.52. The number of nitrogens with one attached hydrogen (secondary N) is 1. The third kappa shape index (κ3) is 1.78. The quantitative estimate of drug-likeness (QED) is 0.828. The van der Waals surface area contributed by atoms with Crippen LogP contribution in [0.4, 0.5) is 5.82 Å². The monoisotopic (exact) mass is 216 g/mol. The second-order valence-corrected chi connectivity index (χ2v) is 3.95. The molecule has 16 heavy (non-hydrogen) atoms. The maximum absolute atomic E-state index is 5.90. The van der Waals surface area contributed by atoms with Crippen LogP contribution >= 0.6 is 0 Å². The molecular weight excluding hydrogens is 200 g/mol. The first kappa shape index (κ1) is 10.7. The second-order valence-electron chi connectivity index (χ2n) is 3.95. The lowest BCUT2D eigenvalue weighted by Gasteiger charge is -2.09. The van der Waals surface area contributed by atoms with Crippen LogP contribution in [-0.2, 0) is 0 Å². The van der Waals surface area contributed by atoms with E-state index in [2.05, 4.69) is 29.0 Å². The molecule has 3 N–H and O–H groups in total. The summed E-state index contributed by atoms with van der Waals surface area (Å²) in [4.78, 5) is 4.11. The van der Waals surface area contributed by atoms with Crippen LogP contribution in [0.15, 0.2) is 24.5 Å². The number of hydrogen-bond acceptors (Lipinski definition) is 3. The molecule has 0 saturated heterocycles. The third-order valence-corrected chi connectivity index (χ3v) is 2.88. The molecular formula is C12H16N4. The normalized spacial score (nSPS) is 12.6. The molecule has 4 nitrogen and oxygen atoms in total. The lowest BCUT2D eigenvalue weighted by molar-refractivity contribution is 0.705. The van der Waals surface area contributed by atoms with E-state index in [0.717, 1.165) is 23.2 Å². The molecule has 0 fully saturated rings. The number of aromatic nitrogens is 3. The van der Waals surface area contributed by atoms with Gasteiger partial charge in [-0.3, -0.25) is 10.1 Å². The lowest BCUT2D eigenvalue weighted by atomic mass is 9.97. The van der Waals surface area contributed by atoms with Crippen molar-refractivity contribution in [3.63, 3.8) is 0 Å². The molecule has 2 rings (SSSR count). The van der Waals surface area contributed by atoms with Crippen molar-refractivity contribution >= 4 is 5.82 Å². The fourth-order valence-corrected chi connectivity index (χ4v) is 1.74. The standard InChI is InChI=1S/C12H16N4/c1-3-8(2)11-10(12(13)16-15-11)9-5-4-6-14-7-9/h4-8H,3H2,1-2H3,(H3,13,15,16). The van der Waals surface area contributed by atoms with Crippen LogP contribution in [0.25, 0.3) is 11.1 Å². The molecule has 0 aliphatic heterocycles. The molecule has 0 amide bonds. The summed E-state index contributed by atoms with van der Waals surface area (Å²) in [6.07, 6.45) is 4.62. The van der Waals surface area contributed by atoms with Gasteiger partial charge in [0.2, 0.25) is 0 Å². The topological polar surface area (TPSA) is 67.6 Å². The van der Waals surface area contributed by atoms with Gasteiger partial charge in [-0.1, -0.05) is 19.9 Å². The van der Waals surface area contributed by atoms with Crippen molar-refractivity contribution in [2.24, 2.45) is 0 Å². The zero-order valence-corrected chi connectivity index (χ0v) is 9.57. The molecule has 84 valence electrons. The van der Waals surface area contributed by atoms with E-state index >= 15 is 0 Å². The van der Waals surface area contributed by atoms with Gasteiger partial charge in [0.25, 0.3) is 0 Å². The summed E-state index contributed by atoms with van der Waals surface area (Å²) in [6, 6.07) is 3.91. The minimum absolute atomic E-state index is 0.417. The molecule has 1 atom stereocenters. The summed E-state index contributed by atoms with van der Waals surface area (Å²) in [5, 5.41) is 7.11. The molecule has 2 aromatic heterocycles. The third-order valence-electron chi connectivity index (χ3n) is 2.88. The highest BCUT2D eigenvalue weighted by atomic mass is 15.2. The van der Waals surface area contributed by atoms with E-state index in [0.29, 0.717) is 11.7 Å². The van der Waals surface area contributed by atoms with Crippen molar-refractivity contribution in [3.05, 3.63) is 30.2 Å². The molecule has 0 radical (unpaired) electrons. The number of hydrogen-bond donors (Lipinski definition) is 2. The SMILES string of the molecule is CCC(C)c1[nH]nc(N)c1-c1cccnc1. The number of nitrogens with zero attached hydrogens (tertiary/aromatic N) is 2. The number of pyridine rings is 1. The van der Waals surface area contributed by atoms with Crippen molar-refractivity contribution < 1.29 is 0 Å². The summed E-state index contributed by atoms with van der Waals surface area (Å²) >= 11 is 0. The number of aromatic amines is 1. The van der Waals surface area contributed by atoms with E-state index in [1.54, 1.807) is 6.20 Å². The molecule has 0 bridgehead atoms. The average Bonchev–Trinajstić information content (AvgIpc) is 2.71. The minimum Gasteiger partial charge on any atom is -0.382 e. The summed E-state index contributed by atoms with van der Waals surface area (Å²) in [7, 11) is 0. The van der Waals surface area contributed by atoms with Gasteiger partial charge >= 0.3 is 0 Å². The fraction of sp³-hybridized carbons (Fsp3) is 0.333. The van der Waals surface area contributed by atoms with E-state index in [1.165, 1.54) is 0 Å². The Hall–Kier alpha value is -1.84. The van der Waals surface area contributed by atoms with Crippen molar-refractivity contribution in [1.82, 2.24) is 15.2 Å². The molecule has 4 heteroatoms. The van der Waals surface area contributed by atoms with Gasteiger partial charge in [0.15, 0.2) is 5.82 Å². The Kier molecular flexibility index (Phi) is 2.90. The Labute approximate surface area is 94.9 Å². The zero-order chi connectivity index (χ0) is 11.5.